The van der Waals surface area contributed by atoms with Gasteiger partial charge in [-0.25, -0.2) is 0 Å². The van der Waals surface area contributed by atoms with Crippen molar-refractivity contribution in [3.8, 4) is 0 Å². The Kier molecular flexibility index (Phi) is 3.66. The highest BCUT2D eigenvalue weighted by Gasteiger charge is 2.48. The highest BCUT2D eigenvalue weighted by molar-refractivity contribution is 5.66. The fraction of sp³-hybridized carbons (Fsp3) is 0.833. The zero-order valence-corrected chi connectivity index (χ0v) is 10.2. The number of hydrogen-bond donors (Lipinski definition) is 0. The van der Waals surface area contributed by atoms with E-state index >= 15 is 0 Å². The molecule has 2 aliphatic rings. The Morgan fingerprint density at radius 3 is 1.71 bits per heavy atom. The van der Waals surface area contributed by atoms with Crippen molar-refractivity contribution in [2.75, 3.05) is 0 Å². The van der Waals surface area contributed by atoms with Gasteiger partial charge in [0.15, 0.2) is 0 Å². The van der Waals surface area contributed by atoms with Gasteiger partial charge in [-0.2, -0.15) is 0 Å². The fourth-order valence-corrected chi connectivity index (χ4v) is 2.76. The lowest BCUT2D eigenvalue weighted by atomic mass is 9.80. The Morgan fingerprint density at radius 1 is 0.941 bits per heavy atom. The zero-order chi connectivity index (χ0) is 12.4. The van der Waals surface area contributed by atoms with Gasteiger partial charge in [-0.3, -0.25) is 9.59 Å². The monoisotopic (exact) mass is 242 g/mol. The largest absolute Gasteiger partial charge is 0.435 e. The summed E-state index contributed by atoms with van der Waals surface area (Å²) in [5.74, 6) is -0.389. The van der Waals surface area contributed by atoms with Crippen molar-refractivity contribution in [3.05, 3.63) is 0 Å². The first-order valence-corrected chi connectivity index (χ1v) is 6.08. The number of hydrogen-bond acceptors (Lipinski definition) is 5. The lowest BCUT2D eigenvalue weighted by Gasteiger charge is -2.27. The van der Waals surface area contributed by atoms with Crippen LogP contribution in [0.4, 0.5) is 0 Å². The number of esters is 2. The molecule has 0 bridgehead atoms. The summed E-state index contributed by atoms with van der Waals surface area (Å²) in [7, 11) is 0. The summed E-state index contributed by atoms with van der Waals surface area (Å²) in [5, 5.41) is 0. The van der Waals surface area contributed by atoms with Crippen LogP contribution in [0.2, 0.25) is 0 Å². The topological polar surface area (TPSA) is 61.8 Å². The second kappa shape index (κ2) is 5.04. The van der Waals surface area contributed by atoms with Crippen molar-refractivity contribution in [3.63, 3.8) is 0 Å². The second-order valence-electron chi connectivity index (χ2n) is 4.70. The minimum atomic E-state index is -0.554. The Morgan fingerprint density at radius 2 is 1.35 bits per heavy atom. The van der Waals surface area contributed by atoms with Gasteiger partial charge in [0.05, 0.1) is 0 Å². The van der Waals surface area contributed by atoms with E-state index in [1.807, 2.05) is 0 Å². The molecular weight excluding hydrogens is 224 g/mol. The number of fused-ring (bicyclic) bond motifs is 1. The molecule has 1 saturated carbocycles. The van der Waals surface area contributed by atoms with Gasteiger partial charge in [0, 0.05) is 25.7 Å². The molecule has 2 rings (SSSR count). The summed E-state index contributed by atoms with van der Waals surface area (Å²) in [6.07, 6.45) is 3.02. The van der Waals surface area contributed by atoms with Crippen LogP contribution in [0.3, 0.4) is 0 Å². The van der Waals surface area contributed by atoms with Gasteiger partial charge >= 0.3 is 11.9 Å². The van der Waals surface area contributed by atoms with E-state index in [0.29, 0.717) is 0 Å². The molecule has 0 aromatic rings. The van der Waals surface area contributed by atoms with E-state index in [1.165, 1.54) is 13.8 Å². The van der Waals surface area contributed by atoms with E-state index in [-0.39, 0.29) is 23.8 Å². The Hall–Kier alpha value is -1.10. The highest BCUT2D eigenvalue weighted by Crippen LogP contribution is 2.43. The molecule has 1 heterocycles. The number of carbonyl (C=O) groups excluding carboxylic acids is 2. The smallest absolute Gasteiger partial charge is 0.304 e. The molecule has 0 radical (unpaired) electrons. The van der Waals surface area contributed by atoms with Crippen LogP contribution in [-0.2, 0) is 23.8 Å². The average molecular weight is 242 g/mol. The van der Waals surface area contributed by atoms with Gasteiger partial charge in [-0.1, -0.05) is 12.8 Å². The summed E-state index contributed by atoms with van der Waals surface area (Å²) in [6.45, 7) is 2.72. The van der Waals surface area contributed by atoms with Gasteiger partial charge in [0.25, 0.3) is 0 Å². The minimum absolute atomic E-state index is 0.164. The third-order valence-electron chi connectivity index (χ3n) is 3.41. The molecule has 0 spiro atoms. The van der Waals surface area contributed by atoms with Crippen LogP contribution in [0.15, 0.2) is 0 Å². The lowest BCUT2D eigenvalue weighted by molar-refractivity contribution is -0.214. The molecule has 1 saturated heterocycles. The third-order valence-corrected chi connectivity index (χ3v) is 3.41. The van der Waals surface area contributed by atoms with E-state index in [2.05, 4.69) is 0 Å². The minimum Gasteiger partial charge on any atom is -0.435 e. The first-order chi connectivity index (χ1) is 8.08. The molecule has 1 aliphatic heterocycles. The maximum Gasteiger partial charge on any atom is 0.304 e. The first kappa shape index (κ1) is 12.4. The predicted molar refractivity (Wildman–Crippen MR) is 57.6 cm³/mol. The van der Waals surface area contributed by atoms with E-state index in [9.17, 15) is 9.59 Å². The quantitative estimate of drug-likeness (QED) is 0.688. The normalized spacial score (nSPS) is 36.1. The Balaban J connectivity index is 2.05. The summed E-state index contributed by atoms with van der Waals surface area (Å²) < 4.78 is 15.8. The Bertz CT molecular complexity index is 284. The number of ether oxygens (including phenoxy) is 3. The average Bonchev–Trinajstić information content (AvgIpc) is 2.56. The lowest BCUT2D eigenvalue weighted by Crippen LogP contribution is -2.29. The molecule has 0 aromatic carbocycles. The van der Waals surface area contributed by atoms with Gasteiger partial charge < -0.3 is 14.2 Å². The van der Waals surface area contributed by atoms with E-state index in [4.69, 9.17) is 14.2 Å². The zero-order valence-electron chi connectivity index (χ0n) is 10.2. The predicted octanol–water partition coefficient (Wildman–Crippen LogP) is 1.60. The Labute approximate surface area is 100 Å². The standard InChI is InChI=1S/C12H18O5/c1-7(13)15-11-9-5-3-4-6-10(9)12(17-11)16-8(2)14/h9-12H,3-6H2,1-2H3/t9-,10+,11-,12+. The third kappa shape index (κ3) is 2.77. The molecular formula is C12H18O5. The van der Waals surface area contributed by atoms with Crippen molar-refractivity contribution < 1.29 is 23.8 Å². The maximum absolute atomic E-state index is 11.0. The van der Waals surface area contributed by atoms with Crippen molar-refractivity contribution >= 4 is 11.9 Å². The van der Waals surface area contributed by atoms with Crippen LogP contribution in [0.25, 0.3) is 0 Å². The second-order valence-corrected chi connectivity index (χ2v) is 4.70. The number of rotatable bonds is 2. The number of carbonyl (C=O) groups is 2. The van der Waals surface area contributed by atoms with Crippen LogP contribution in [0.1, 0.15) is 39.5 Å². The molecule has 5 heteroatoms. The van der Waals surface area contributed by atoms with Crippen LogP contribution < -0.4 is 0 Å². The summed E-state index contributed by atoms with van der Waals surface area (Å²) in [5.41, 5.74) is 0. The van der Waals surface area contributed by atoms with Gasteiger partial charge in [0.1, 0.15) is 0 Å². The molecule has 5 nitrogen and oxygen atoms in total. The molecule has 0 aromatic heterocycles. The van der Waals surface area contributed by atoms with E-state index in [0.717, 1.165) is 25.7 Å². The maximum atomic E-state index is 11.0. The summed E-state index contributed by atoms with van der Waals surface area (Å²) in [6, 6.07) is 0. The summed E-state index contributed by atoms with van der Waals surface area (Å²) in [4.78, 5) is 22.0. The van der Waals surface area contributed by atoms with E-state index < -0.39 is 12.6 Å². The van der Waals surface area contributed by atoms with Crippen molar-refractivity contribution in [1.82, 2.24) is 0 Å². The van der Waals surface area contributed by atoms with Crippen LogP contribution in [-0.4, -0.2) is 24.5 Å². The van der Waals surface area contributed by atoms with Gasteiger partial charge in [-0.05, 0) is 12.8 Å². The highest BCUT2D eigenvalue weighted by atomic mass is 16.8. The van der Waals surface area contributed by atoms with Crippen molar-refractivity contribution in [2.24, 2.45) is 11.8 Å². The fourth-order valence-electron chi connectivity index (χ4n) is 2.76. The van der Waals surface area contributed by atoms with E-state index in [1.54, 1.807) is 0 Å². The van der Waals surface area contributed by atoms with Gasteiger partial charge in [-0.15, -0.1) is 0 Å². The SMILES string of the molecule is CC(=O)O[C@H]1O[C@@H](OC(C)=O)[C@@H]2CCCC[C@H]12. The molecule has 17 heavy (non-hydrogen) atoms. The molecule has 0 N–H and O–H groups in total. The molecule has 1 aliphatic carbocycles. The summed E-state index contributed by atoms with van der Waals surface area (Å²) >= 11 is 0. The van der Waals surface area contributed by atoms with Crippen LogP contribution >= 0.6 is 0 Å². The van der Waals surface area contributed by atoms with Crippen LogP contribution in [0, 0.1) is 11.8 Å². The molecule has 0 unspecified atom stereocenters. The molecule has 4 atom stereocenters. The van der Waals surface area contributed by atoms with Gasteiger partial charge in [0.2, 0.25) is 12.6 Å². The first-order valence-electron chi connectivity index (χ1n) is 6.08. The molecule has 96 valence electrons. The van der Waals surface area contributed by atoms with Crippen molar-refractivity contribution in [1.29, 1.82) is 0 Å². The molecule has 2 fully saturated rings. The van der Waals surface area contributed by atoms with Crippen LogP contribution in [0.5, 0.6) is 0 Å². The van der Waals surface area contributed by atoms with Crippen molar-refractivity contribution in [2.45, 2.75) is 52.1 Å². The molecule has 0 amide bonds.